The van der Waals surface area contributed by atoms with Crippen molar-refractivity contribution in [2.45, 2.75) is 35.8 Å². The maximum absolute atomic E-state index is 12.1. The number of nitro groups is 1. The number of alkyl halides is 1. The molecular formula is C13H14BrNO3S. The Labute approximate surface area is 124 Å². The first kappa shape index (κ1) is 14.5. The third kappa shape index (κ3) is 3.79. The molecule has 2 atom stereocenters. The Kier molecular flexibility index (Phi) is 4.99. The van der Waals surface area contributed by atoms with E-state index in [2.05, 4.69) is 15.9 Å². The molecule has 0 saturated heterocycles. The molecule has 0 heterocycles. The van der Waals surface area contributed by atoms with Gasteiger partial charge in [0.25, 0.3) is 5.69 Å². The predicted octanol–water partition coefficient (Wildman–Crippen LogP) is 4.17. The number of halogens is 1. The molecule has 102 valence electrons. The van der Waals surface area contributed by atoms with Gasteiger partial charge in [0.1, 0.15) is 0 Å². The molecule has 19 heavy (non-hydrogen) atoms. The van der Waals surface area contributed by atoms with E-state index < -0.39 is 4.92 Å². The molecule has 0 spiro atoms. The molecule has 4 nitrogen and oxygen atoms in total. The molecule has 0 aliphatic heterocycles. The van der Waals surface area contributed by atoms with Crippen molar-refractivity contribution >= 4 is 38.5 Å². The first-order chi connectivity index (χ1) is 9.08. The fourth-order valence-corrected chi connectivity index (χ4v) is 4.14. The first-order valence-corrected chi connectivity index (χ1v) is 7.97. The van der Waals surface area contributed by atoms with Crippen LogP contribution in [0, 0.1) is 10.1 Å². The smallest absolute Gasteiger partial charge is 0.269 e. The third-order valence-corrected chi connectivity index (χ3v) is 5.96. The molecule has 6 heteroatoms. The molecule has 0 amide bonds. The second kappa shape index (κ2) is 6.52. The summed E-state index contributed by atoms with van der Waals surface area (Å²) in [6.07, 6.45) is 4.51. The second-order valence-corrected chi connectivity index (χ2v) is 6.94. The van der Waals surface area contributed by atoms with Gasteiger partial charge >= 0.3 is 0 Å². The number of carbonyl (C=O) groups excluding carboxylic acids is 1. The molecule has 0 N–H and O–H groups in total. The van der Waals surface area contributed by atoms with Crippen LogP contribution in [0.4, 0.5) is 5.69 Å². The number of rotatable bonds is 3. The number of thioether (sulfide) groups is 1. The number of carbonyl (C=O) groups is 1. The van der Waals surface area contributed by atoms with E-state index in [1.807, 2.05) is 0 Å². The van der Waals surface area contributed by atoms with Crippen LogP contribution in [0.15, 0.2) is 24.3 Å². The van der Waals surface area contributed by atoms with Crippen molar-refractivity contribution in [2.24, 2.45) is 0 Å². The molecular weight excluding hydrogens is 330 g/mol. The normalized spacial score (nSPS) is 23.0. The third-order valence-electron chi connectivity index (χ3n) is 3.19. The second-order valence-electron chi connectivity index (χ2n) is 4.55. The number of nitro benzene ring substituents is 1. The van der Waals surface area contributed by atoms with Crippen LogP contribution in [0.2, 0.25) is 0 Å². The van der Waals surface area contributed by atoms with E-state index >= 15 is 0 Å². The van der Waals surface area contributed by atoms with Gasteiger partial charge in [0.15, 0.2) is 0 Å². The topological polar surface area (TPSA) is 60.2 Å². The molecule has 1 aliphatic rings. The van der Waals surface area contributed by atoms with Crippen molar-refractivity contribution in [1.29, 1.82) is 0 Å². The SMILES string of the molecule is O=C(S[C@H]1CCCC[C@@H]1Br)c1ccc([N+](=O)[O-])cc1. The summed E-state index contributed by atoms with van der Waals surface area (Å²) < 4.78 is 0. The molecule has 0 unspecified atom stereocenters. The van der Waals surface area contributed by atoms with Crippen molar-refractivity contribution < 1.29 is 9.72 Å². The minimum absolute atomic E-state index is 0.00810. The highest BCUT2D eigenvalue weighted by atomic mass is 79.9. The summed E-state index contributed by atoms with van der Waals surface area (Å²) in [5.41, 5.74) is 0.540. The maximum atomic E-state index is 12.1. The van der Waals surface area contributed by atoms with Gasteiger partial charge in [-0.05, 0) is 25.0 Å². The summed E-state index contributed by atoms with van der Waals surface area (Å²) >= 11 is 4.96. The molecule has 1 fully saturated rings. The molecule has 1 saturated carbocycles. The average Bonchev–Trinajstić information content (AvgIpc) is 2.41. The van der Waals surface area contributed by atoms with E-state index in [1.54, 1.807) is 0 Å². The van der Waals surface area contributed by atoms with Gasteiger partial charge in [-0.25, -0.2) is 0 Å². The highest BCUT2D eigenvalue weighted by Crippen LogP contribution is 2.35. The molecule has 0 radical (unpaired) electrons. The van der Waals surface area contributed by atoms with Gasteiger partial charge in [-0.2, -0.15) is 0 Å². The van der Waals surface area contributed by atoms with E-state index in [0.717, 1.165) is 19.3 Å². The van der Waals surface area contributed by atoms with E-state index in [9.17, 15) is 14.9 Å². The summed E-state index contributed by atoms with van der Waals surface area (Å²) in [6, 6.07) is 5.81. The van der Waals surface area contributed by atoms with E-state index in [-0.39, 0.29) is 10.8 Å². The number of hydrogen-bond donors (Lipinski definition) is 0. The van der Waals surface area contributed by atoms with Gasteiger partial charge < -0.3 is 0 Å². The summed E-state index contributed by atoms with van der Waals surface area (Å²) in [7, 11) is 0. The van der Waals surface area contributed by atoms with Crippen LogP contribution in [-0.4, -0.2) is 20.1 Å². The summed E-state index contributed by atoms with van der Waals surface area (Å²) in [6.45, 7) is 0. The lowest BCUT2D eigenvalue weighted by Crippen LogP contribution is -2.23. The van der Waals surface area contributed by atoms with E-state index in [0.29, 0.717) is 15.6 Å². The summed E-state index contributed by atoms with van der Waals surface area (Å²) in [4.78, 5) is 22.6. The molecule has 1 aromatic carbocycles. The lowest BCUT2D eigenvalue weighted by molar-refractivity contribution is -0.384. The van der Waals surface area contributed by atoms with Crippen molar-refractivity contribution in [1.82, 2.24) is 0 Å². The molecule has 2 rings (SSSR count). The fourth-order valence-electron chi connectivity index (χ4n) is 2.11. The highest BCUT2D eigenvalue weighted by molar-refractivity contribution is 9.09. The molecule has 1 aromatic rings. The minimum Gasteiger partial charge on any atom is -0.282 e. The van der Waals surface area contributed by atoms with Crippen molar-refractivity contribution in [2.75, 3.05) is 0 Å². The van der Waals surface area contributed by atoms with Crippen LogP contribution in [-0.2, 0) is 0 Å². The Hall–Kier alpha value is -0.880. The van der Waals surface area contributed by atoms with Gasteiger partial charge in [0.2, 0.25) is 5.12 Å². The van der Waals surface area contributed by atoms with Gasteiger partial charge in [-0.3, -0.25) is 14.9 Å². The highest BCUT2D eigenvalue weighted by Gasteiger charge is 2.26. The van der Waals surface area contributed by atoms with Crippen LogP contribution < -0.4 is 0 Å². The van der Waals surface area contributed by atoms with Crippen LogP contribution in [0.25, 0.3) is 0 Å². The van der Waals surface area contributed by atoms with Crippen LogP contribution in [0.1, 0.15) is 36.0 Å². The maximum Gasteiger partial charge on any atom is 0.269 e. The average molecular weight is 344 g/mol. The number of hydrogen-bond acceptors (Lipinski definition) is 4. The fraction of sp³-hybridized carbons (Fsp3) is 0.462. The Morgan fingerprint density at radius 1 is 1.26 bits per heavy atom. The number of benzene rings is 1. The molecule has 0 aromatic heterocycles. The van der Waals surface area contributed by atoms with Crippen molar-refractivity contribution in [3.05, 3.63) is 39.9 Å². The van der Waals surface area contributed by atoms with Crippen molar-refractivity contribution in [3.8, 4) is 0 Å². The first-order valence-electron chi connectivity index (χ1n) is 6.17. The Morgan fingerprint density at radius 2 is 1.89 bits per heavy atom. The van der Waals surface area contributed by atoms with Gasteiger partial charge in [0, 0.05) is 27.8 Å². The monoisotopic (exact) mass is 343 g/mol. The number of non-ortho nitro benzene ring substituents is 1. The van der Waals surface area contributed by atoms with E-state index in [1.165, 1.54) is 42.4 Å². The van der Waals surface area contributed by atoms with Crippen LogP contribution in [0.3, 0.4) is 0 Å². The van der Waals surface area contributed by atoms with Gasteiger partial charge in [0.05, 0.1) is 4.92 Å². The van der Waals surface area contributed by atoms with Crippen molar-refractivity contribution in [3.63, 3.8) is 0 Å². The standard InChI is InChI=1S/C13H14BrNO3S/c14-11-3-1-2-4-12(11)19-13(16)9-5-7-10(8-6-9)15(17)18/h5-8,11-12H,1-4H2/t11-,12-/m0/s1. The molecule has 0 bridgehead atoms. The lowest BCUT2D eigenvalue weighted by Gasteiger charge is -2.25. The minimum atomic E-state index is -0.461. The summed E-state index contributed by atoms with van der Waals surface area (Å²) in [5.74, 6) is 0. The van der Waals surface area contributed by atoms with Crippen LogP contribution >= 0.6 is 27.7 Å². The quantitative estimate of drug-likeness (QED) is 0.469. The zero-order valence-corrected chi connectivity index (χ0v) is 12.7. The predicted molar refractivity (Wildman–Crippen MR) is 80.0 cm³/mol. The Morgan fingerprint density at radius 3 is 2.47 bits per heavy atom. The largest absolute Gasteiger partial charge is 0.282 e. The van der Waals surface area contributed by atoms with Crippen LogP contribution in [0.5, 0.6) is 0 Å². The summed E-state index contributed by atoms with van der Waals surface area (Å²) in [5, 5.41) is 10.8. The zero-order valence-electron chi connectivity index (χ0n) is 10.3. The lowest BCUT2D eigenvalue weighted by atomic mass is 10.0. The zero-order chi connectivity index (χ0) is 13.8. The van der Waals surface area contributed by atoms with Gasteiger partial charge in [-0.15, -0.1) is 0 Å². The Bertz CT molecular complexity index is 477. The Balaban J connectivity index is 2.01. The molecule has 1 aliphatic carbocycles. The number of nitrogens with zero attached hydrogens (tertiary/aromatic N) is 1. The van der Waals surface area contributed by atoms with Gasteiger partial charge in [-0.1, -0.05) is 40.5 Å². The van der Waals surface area contributed by atoms with E-state index in [4.69, 9.17) is 0 Å².